The van der Waals surface area contributed by atoms with E-state index in [1.165, 1.54) is 6.92 Å². The van der Waals surface area contributed by atoms with E-state index in [9.17, 15) is 9.59 Å². The van der Waals surface area contributed by atoms with Crippen LogP contribution in [0.4, 0.5) is 5.69 Å². The van der Waals surface area contributed by atoms with Crippen molar-refractivity contribution in [2.45, 2.75) is 19.8 Å². The number of rotatable bonds is 2. The highest BCUT2D eigenvalue weighted by Crippen LogP contribution is 2.20. The fourth-order valence-electron chi connectivity index (χ4n) is 1.62. The minimum absolute atomic E-state index is 0.0148. The third-order valence-corrected chi connectivity index (χ3v) is 2.41. The molecule has 0 aliphatic carbocycles. The summed E-state index contributed by atoms with van der Waals surface area (Å²) in [5.74, 6) is 0.599. The number of carbonyl (C=O) groups is 2. The zero-order valence-corrected chi connectivity index (χ0v) is 8.99. The smallest absolute Gasteiger partial charge is 0.225 e. The Kier molecular flexibility index (Phi) is 2.81. The van der Waals surface area contributed by atoms with Gasteiger partial charge in [-0.15, -0.1) is 0 Å². The van der Waals surface area contributed by atoms with Crippen molar-refractivity contribution in [1.82, 2.24) is 5.32 Å². The number of amides is 1. The highest BCUT2D eigenvalue weighted by molar-refractivity contribution is 6.07. The van der Waals surface area contributed by atoms with Crippen LogP contribution in [-0.4, -0.2) is 17.5 Å². The Morgan fingerprint density at radius 3 is 2.69 bits per heavy atom. The second-order valence-electron chi connectivity index (χ2n) is 3.68. The Balaban J connectivity index is 2.34. The molecule has 0 unspecified atom stereocenters. The lowest BCUT2D eigenvalue weighted by Gasteiger charge is -2.02. The zero-order valence-electron chi connectivity index (χ0n) is 8.99. The third-order valence-electron chi connectivity index (χ3n) is 2.41. The van der Waals surface area contributed by atoms with Crippen LogP contribution in [0.3, 0.4) is 0 Å². The van der Waals surface area contributed by atoms with E-state index in [1.807, 2.05) is 6.07 Å². The van der Waals surface area contributed by atoms with Gasteiger partial charge in [0, 0.05) is 18.4 Å². The maximum Gasteiger partial charge on any atom is 0.225 e. The number of benzene rings is 1. The van der Waals surface area contributed by atoms with E-state index in [4.69, 9.17) is 0 Å². The number of hydrogen-bond donors (Lipinski definition) is 1. The first-order valence-corrected chi connectivity index (χ1v) is 5.14. The summed E-state index contributed by atoms with van der Waals surface area (Å²) in [6.45, 7) is 1.51. The molecule has 1 saturated heterocycles. The normalized spacial score (nSPS) is 17.6. The Hall–Kier alpha value is -1.97. The lowest BCUT2D eigenvalue weighted by Crippen LogP contribution is -2.19. The summed E-state index contributed by atoms with van der Waals surface area (Å²) < 4.78 is 0. The molecule has 0 spiro atoms. The number of carbonyl (C=O) groups excluding carboxylic acids is 2. The second kappa shape index (κ2) is 4.26. The molecule has 1 fully saturated rings. The van der Waals surface area contributed by atoms with Crippen LogP contribution in [0.15, 0.2) is 29.3 Å². The van der Waals surface area contributed by atoms with Gasteiger partial charge in [-0.2, -0.15) is 0 Å². The molecule has 1 N–H and O–H groups in total. The minimum Gasteiger partial charge on any atom is -0.314 e. The largest absolute Gasteiger partial charge is 0.314 e. The summed E-state index contributed by atoms with van der Waals surface area (Å²) in [7, 11) is 0. The first-order valence-electron chi connectivity index (χ1n) is 5.14. The zero-order chi connectivity index (χ0) is 11.5. The maximum absolute atomic E-state index is 11.3. The molecular weight excluding hydrogens is 204 g/mol. The minimum atomic E-state index is -0.0238. The van der Waals surface area contributed by atoms with E-state index in [1.54, 1.807) is 18.2 Å². The fourth-order valence-corrected chi connectivity index (χ4v) is 1.62. The van der Waals surface area contributed by atoms with Crippen molar-refractivity contribution in [3.05, 3.63) is 29.8 Å². The van der Waals surface area contributed by atoms with Gasteiger partial charge < -0.3 is 5.32 Å². The summed E-state index contributed by atoms with van der Waals surface area (Å²) in [6.07, 6.45) is 1.09. The molecule has 0 aromatic heterocycles. The predicted octanol–water partition coefficient (Wildman–Crippen LogP) is 1.83. The van der Waals surface area contributed by atoms with Crippen LogP contribution in [0.1, 0.15) is 30.1 Å². The van der Waals surface area contributed by atoms with E-state index in [-0.39, 0.29) is 11.7 Å². The van der Waals surface area contributed by atoms with Crippen LogP contribution in [0.25, 0.3) is 0 Å². The van der Waals surface area contributed by atoms with Crippen molar-refractivity contribution in [1.29, 1.82) is 0 Å². The number of amidine groups is 1. The summed E-state index contributed by atoms with van der Waals surface area (Å²) in [5.41, 5.74) is 1.20. The predicted molar refractivity (Wildman–Crippen MR) is 60.9 cm³/mol. The molecule has 1 aliphatic rings. The van der Waals surface area contributed by atoms with Crippen molar-refractivity contribution in [3.63, 3.8) is 0 Å². The van der Waals surface area contributed by atoms with Gasteiger partial charge in [0.2, 0.25) is 5.91 Å². The Morgan fingerprint density at radius 2 is 2.06 bits per heavy atom. The quantitative estimate of drug-likeness (QED) is 0.767. The van der Waals surface area contributed by atoms with Crippen LogP contribution in [0, 0.1) is 0 Å². The van der Waals surface area contributed by atoms with E-state index < -0.39 is 0 Å². The molecule has 4 heteroatoms. The molecule has 2 rings (SSSR count). The molecule has 1 aromatic rings. The van der Waals surface area contributed by atoms with E-state index >= 15 is 0 Å². The fraction of sp³-hybridized carbons (Fsp3) is 0.250. The average molecular weight is 216 g/mol. The van der Waals surface area contributed by atoms with Crippen LogP contribution < -0.4 is 5.32 Å². The van der Waals surface area contributed by atoms with E-state index in [2.05, 4.69) is 10.3 Å². The van der Waals surface area contributed by atoms with Gasteiger partial charge in [-0.1, -0.05) is 12.1 Å². The molecular formula is C12H12N2O2. The van der Waals surface area contributed by atoms with Crippen LogP contribution >= 0.6 is 0 Å². The molecule has 1 amide bonds. The molecule has 0 saturated carbocycles. The average Bonchev–Trinajstić information content (AvgIpc) is 2.64. The molecule has 1 aromatic carbocycles. The molecule has 4 nitrogen and oxygen atoms in total. The number of hydrogen-bond acceptors (Lipinski definition) is 3. The molecule has 0 bridgehead atoms. The molecule has 0 radical (unpaired) electrons. The van der Waals surface area contributed by atoms with Crippen molar-refractivity contribution in [2.24, 2.45) is 4.99 Å². The van der Waals surface area contributed by atoms with Crippen molar-refractivity contribution in [2.75, 3.05) is 0 Å². The summed E-state index contributed by atoms with van der Waals surface area (Å²) in [6, 6.07) is 7.13. The van der Waals surface area contributed by atoms with Crippen LogP contribution in [-0.2, 0) is 4.79 Å². The number of nitrogens with one attached hydrogen (secondary N) is 1. The number of Topliss-reactive ketones (excluding diaryl/α,β-unsaturated/α-hetero) is 1. The SMILES string of the molecule is CC(=O)c1ccccc1N=C1CCC(=O)N1. The molecule has 1 aliphatic heterocycles. The lowest BCUT2D eigenvalue weighted by molar-refractivity contribution is -0.118. The molecule has 16 heavy (non-hydrogen) atoms. The first-order chi connectivity index (χ1) is 7.66. The first kappa shape index (κ1) is 10.5. The molecule has 82 valence electrons. The van der Waals surface area contributed by atoms with Crippen molar-refractivity contribution < 1.29 is 9.59 Å². The van der Waals surface area contributed by atoms with Gasteiger partial charge in [0.1, 0.15) is 5.84 Å². The van der Waals surface area contributed by atoms with E-state index in [0.29, 0.717) is 29.9 Å². The van der Waals surface area contributed by atoms with Gasteiger partial charge in [0.15, 0.2) is 5.78 Å². The van der Waals surface area contributed by atoms with Gasteiger partial charge in [-0.05, 0) is 19.1 Å². The summed E-state index contributed by atoms with van der Waals surface area (Å²) >= 11 is 0. The van der Waals surface area contributed by atoms with Gasteiger partial charge in [-0.3, -0.25) is 9.59 Å². The third kappa shape index (κ3) is 2.16. The Bertz CT molecular complexity index is 478. The van der Waals surface area contributed by atoms with Gasteiger partial charge in [0.25, 0.3) is 0 Å². The molecule has 0 atom stereocenters. The van der Waals surface area contributed by atoms with E-state index in [0.717, 1.165) is 0 Å². The Labute approximate surface area is 93.4 Å². The van der Waals surface area contributed by atoms with Gasteiger partial charge in [-0.25, -0.2) is 4.99 Å². The maximum atomic E-state index is 11.3. The van der Waals surface area contributed by atoms with Crippen LogP contribution in [0.2, 0.25) is 0 Å². The van der Waals surface area contributed by atoms with Gasteiger partial charge >= 0.3 is 0 Å². The monoisotopic (exact) mass is 216 g/mol. The number of aliphatic imine (C=N–C) groups is 1. The van der Waals surface area contributed by atoms with Crippen molar-refractivity contribution >= 4 is 23.2 Å². The van der Waals surface area contributed by atoms with Gasteiger partial charge in [0.05, 0.1) is 5.69 Å². The standard InChI is InChI=1S/C12H12N2O2/c1-8(15)9-4-2-3-5-10(9)13-11-6-7-12(16)14-11/h2-5H,6-7H2,1H3,(H,13,14,16). The number of ketones is 1. The number of nitrogens with zero attached hydrogens (tertiary/aromatic N) is 1. The molecule has 1 heterocycles. The summed E-state index contributed by atoms with van der Waals surface area (Å²) in [4.78, 5) is 26.6. The lowest BCUT2D eigenvalue weighted by atomic mass is 10.1. The Morgan fingerprint density at radius 1 is 1.31 bits per heavy atom. The highest BCUT2D eigenvalue weighted by Gasteiger charge is 2.16. The highest BCUT2D eigenvalue weighted by atomic mass is 16.2. The van der Waals surface area contributed by atoms with Crippen molar-refractivity contribution in [3.8, 4) is 0 Å². The second-order valence-corrected chi connectivity index (χ2v) is 3.68. The summed E-state index contributed by atoms with van der Waals surface area (Å²) in [5, 5.41) is 2.67. The van der Waals surface area contributed by atoms with Crippen LogP contribution in [0.5, 0.6) is 0 Å². The number of para-hydroxylation sites is 1. The topological polar surface area (TPSA) is 58.5 Å².